The predicted molar refractivity (Wildman–Crippen MR) is 68.5 cm³/mol. The SMILES string of the molecule is Cc1ccc(C(C=C(Cl)Cl)c2ccc(C)o2)o1. The van der Waals surface area contributed by atoms with Gasteiger partial charge < -0.3 is 8.83 Å². The van der Waals surface area contributed by atoms with Crippen LogP contribution in [0.5, 0.6) is 0 Å². The first kappa shape index (κ1) is 12.3. The molecule has 0 aromatic carbocycles. The Kier molecular flexibility index (Phi) is 3.65. The third-order valence-electron chi connectivity index (χ3n) is 2.43. The second-order valence-electron chi connectivity index (χ2n) is 3.83. The largest absolute Gasteiger partial charge is 0.465 e. The van der Waals surface area contributed by atoms with Gasteiger partial charge in [0.2, 0.25) is 0 Å². The summed E-state index contributed by atoms with van der Waals surface area (Å²) in [4.78, 5) is 0. The van der Waals surface area contributed by atoms with Crippen LogP contribution < -0.4 is 0 Å². The summed E-state index contributed by atoms with van der Waals surface area (Å²) in [7, 11) is 0. The van der Waals surface area contributed by atoms with E-state index in [0.29, 0.717) is 0 Å². The van der Waals surface area contributed by atoms with E-state index < -0.39 is 0 Å². The van der Waals surface area contributed by atoms with Gasteiger partial charge in [-0.15, -0.1) is 0 Å². The van der Waals surface area contributed by atoms with Gasteiger partial charge >= 0.3 is 0 Å². The van der Waals surface area contributed by atoms with E-state index in [2.05, 4.69) is 0 Å². The first-order valence-corrected chi connectivity index (χ1v) is 5.97. The van der Waals surface area contributed by atoms with E-state index in [0.717, 1.165) is 23.0 Å². The molecule has 0 N–H and O–H groups in total. The van der Waals surface area contributed by atoms with Gasteiger partial charge in [-0.2, -0.15) is 0 Å². The maximum Gasteiger partial charge on any atom is 0.118 e. The zero-order chi connectivity index (χ0) is 12.4. The summed E-state index contributed by atoms with van der Waals surface area (Å²) in [5.41, 5.74) is 0. The number of allylic oxidation sites excluding steroid dienone is 1. The van der Waals surface area contributed by atoms with Crippen molar-refractivity contribution < 1.29 is 8.83 Å². The molecule has 90 valence electrons. The molecule has 0 bridgehead atoms. The van der Waals surface area contributed by atoms with Gasteiger partial charge in [0.05, 0.1) is 5.92 Å². The highest BCUT2D eigenvalue weighted by atomic mass is 35.5. The van der Waals surface area contributed by atoms with Crippen molar-refractivity contribution in [1.82, 2.24) is 0 Å². The fourth-order valence-electron chi connectivity index (χ4n) is 1.67. The Morgan fingerprint density at radius 3 is 1.76 bits per heavy atom. The summed E-state index contributed by atoms with van der Waals surface area (Å²) in [5.74, 6) is 3.01. The van der Waals surface area contributed by atoms with E-state index in [-0.39, 0.29) is 10.4 Å². The Morgan fingerprint density at radius 2 is 1.47 bits per heavy atom. The molecule has 0 unspecified atom stereocenters. The molecular weight excluding hydrogens is 259 g/mol. The molecule has 0 amide bonds. The first-order chi connectivity index (χ1) is 8.06. The average Bonchev–Trinajstić information content (AvgIpc) is 2.84. The van der Waals surface area contributed by atoms with Crippen molar-refractivity contribution in [2.45, 2.75) is 19.8 Å². The molecule has 0 spiro atoms. The second kappa shape index (κ2) is 5.03. The van der Waals surface area contributed by atoms with Crippen molar-refractivity contribution in [3.8, 4) is 0 Å². The highest BCUT2D eigenvalue weighted by molar-refractivity contribution is 6.55. The molecule has 0 aliphatic rings. The Bertz CT molecular complexity index is 493. The van der Waals surface area contributed by atoms with E-state index in [1.165, 1.54) is 0 Å². The summed E-state index contributed by atoms with van der Waals surface area (Å²) in [5, 5.41) is 0. The molecule has 0 saturated carbocycles. The third-order valence-corrected chi connectivity index (χ3v) is 2.68. The number of halogens is 2. The van der Waals surface area contributed by atoms with Crippen molar-refractivity contribution in [2.75, 3.05) is 0 Å². The molecule has 17 heavy (non-hydrogen) atoms. The number of furan rings is 2. The van der Waals surface area contributed by atoms with Gasteiger partial charge in [0.1, 0.15) is 27.5 Å². The Balaban J connectivity index is 2.42. The molecule has 4 heteroatoms. The molecule has 0 radical (unpaired) electrons. The molecule has 0 aliphatic carbocycles. The van der Waals surface area contributed by atoms with Crippen LogP contribution in [0.4, 0.5) is 0 Å². The predicted octanol–water partition coefficient (Wildman–Crippen LogP) is 4.94. The lowest BCUT2D eigenvalue weighted by Crippen LogP contribution is -1.94. The van der Waals surface area contributed by atoms with Crippen LogP contribution in [0.15, 0.2) is 43.7 Å². The van der Waals surface area contributed by atoms with Crippen LogP contribution in [0, 0.1) is 13.8 Å². The zero-order valence-electron chi connectivity index (χ0n) is 9.54. The van der Waals surface area contributed by atoms with Gasteiger partial charge in [-0.3, -0.25) is 0 Å². The maximum atomic E-state index is 5.73. The fraction of sp³-hybridized carbons (Fsp3) is 0.231. The fourth-order valence-corrected chi connectivity index (χ4v) is 1.92. The molecule has 2 aromatic heterocycles. The minimum absolute atomic E-state index is 0.192. The second-order valence-corrected chi connectivity index (χ2v) is 4.84. The number of aryl methyl sites for hydroxylation is 2. The monoisotopic (exact) mass is 270 g/mol. The van der Waals surface area contributed by atoms with E-state index in [9.17, 15) is 0 Å². The third kappa shape index (κ3) is 2.96. The van der Waals surface area contributed by atoms with Crippen molar-refractivity contribution in [2.24, 2.45) is 0 Å². The van der Waals surface area contributed by atoms with Crippen LogP contribution in [-0.2, 0) is 0 Å². The Labute approximate surface area is 110 Å². The number of hydrogen-bond donors (Lipinski definition) is 0. The normalized spacial score (nSPS) is 10.9. The lowest BCUT2D eigenvalue weighted by Gasteiger charge is -2.06. The smallest absolute Gasteiger partial charge is 0.118 e. The standard InChI is InChI=1S/C13H12Cl2O2/c1-8-3-5-11(16-8)10(7-13(14)15)12-6-4-9(2)17-12/h3-7,10H,1-2H3. The van der Waals surface area contributed by atoms with Gasteiger partial charge in [0.25, 0.3) is 0 Å². The molecule has 0 saturated heterocycles. The van der Waals surface area contributed by atoms with Crippen LogP contribution >= 0.6 is 23.2 Å². The van der Waals surface area contributed by atoms with Crippen molar-refractivity contribution in [1.29, 1.82) is 0 Å². The zero-order valence-corrected chi connectivity index (χ0v) is 11.0. The van der Waals surface area contributed by atoms with Gasteiger partial charge in [-0.05, 0) is 44.2 Å². The minimum Gasteiger partial charge on any atom is -0.465 e. The van der Waals surface area contributed by atoms with E-state index in [1.807, 2.05) is 38.1 Å². The van der Waals surface area contributed by atoms with Crippen LogP contribution in [0.2, 0.25) is 0 Å². The van der Waals surface area contributed by atoms with Gasteiger partial charge in [0, 0.05) is 0 Å². The Morgan fingerprint density at radius 1 is 1.00 bits per heavy atom. The lowest BCUT2D eigenvalue weighted by atomic mass is 10.0. The van der Waals surface area contributed by atoms with E-state index in [4.69, 9.17) is 32.0 Å². The summed E-state index contributed by atoms with van der Waals surface area (Å²) in [6, 6.07) is 7.58. The molecule has 0 fully saturated rings. The maximum absolute atomic E-state index is 5.73. The van der Waals surface area contributed by atoms with Crippen molar-refractivity contribution in [3.05, 3.63) is 57.9 Å². The van der Waals surface area contributed by atoms with E-state index >= 15 is 0 Å². The topological polar surface area (TPSA) is 26.3 Å². The first-order valence-electron chi connectivity index (χ1n) is 5.22. The van der Waals surface area contributed by atoms with Crippen LogP contribution in [0.25, 0.3) is 0 Å². The molecule has 0 aliphatic heterocycles. The van der Waals surface area contributed by atoms with Crippen LogP contribution in [0.3, 0.4) is 0 Å². The van der Waals surface area contributed by atoms with Crippen molar-refractivity contribution in [3.63, 3.8) is 0 Å². The van der Waals surface area contributed by atoms with Gasteiger partial charge in [-0.25, -0.2) is 0 Å². The lowest BCUT2D eigenvalue weighted by molar-refractivity contribution is 0.432. The van der Waals surface area contributed by atoms with Crippen molar-refractivity contribution >= 4 is 23.2 Å². The summed E-state index contributed by atoms with van der Waals surface area (Å²) in [6.07, 6.45) is 1.69. The molecule has 2 aromatic rings. The van der Waals surface area contributed by atoms with E-state index in [1.54, 1.807) is 6.08 Å². The van der Waals surface area contributed by atoms with Crippen LogP contribution in [-0.4, -0.2) is 0 Å². The van der Waals surface area contributed by atoms with Gasteiger partial charge in [-0.1, -0.05) is 23.2 Å². The number of rotatable bonds is 3. The highest BCUT2D eigenvalue weighted by Crippen LogP contribution is 2.31. The average molecular weight is 271 g/mol. The summed E-state index contributed by atoms with van der Waals surface area (Å²) >= 11 is 11.5. The Hall–Kier alpha value is -1.12. The van der Waals surface area contributed by atoms with Crippen LogP contribution in [0.1, 0.15) is 29.0 Å². The minimum atomic E-state index is -0.192. The highest BCUT2D eigenvalue weighted by Gasteiger charge is 2.19. The number of hydrogen-bond acceptors (Lipinski definition) is 2. The molecule has 2 heterocycles. The molecular formula is C13H12Cl2O2. The summed E-state index contributed by atoms with van der Waals surface area (Å²) < 4.78 is 11.4. The molecule has 0 atom stereocenters. The summed E-state index contributed by atoms with van der Waals surface area (Å²) in [6.45, 7) is 3.78. The quantitative estimate of drug-likeness (QED) is 0.790. The molecule has 2 nitrogen and oxygen atoms in total. The molecule has 2 rings (SSSR count). The van der Waals surface area contributed by atoms with Gasteiger partial charge in [0.15, 0.2) is 0 Å².